The minimum absolute atomic E-state index is 0.304. The molecule has 0 saturated carbocycles. The van der Waals surface area contributed by atoms with E-state index in [2.05, 4.69) is 19.2 Å². The van der Waals surface area contributed by atoms with Crippen LogP contribution >= 0.6 is 11.8 Å². The van der Waals surface area contributed by atoms with Crippen molar-refractivity contribution in [2.75, 3.05) is 31.1 Å². The van der Waals surface area contributed by atoms with E-state index in [1.165, 1.54) is 5.75 Å². The summed E-state index contributed by atoms with van der Waals surface area (Å²) in [5.41, 5.74) is 0. The van der Waals surface area contributed by atoms with Crippen molar-refractivity contribution in [3.05, 3.63) is 0 Å². The second kappa shape index (κ2) is 7.12. The molecule has 1 aliphatic heterocycles. The van der Waals surface area contributed by atoms with Crippen LogP contribution in [0.15, 0.2) is 0 Å². The average Bonchev–Trinajstić information content (AvgIpc) is 2.45. The van der Waals surface area contributed by atoms with E-state index in [9.17, 15) is 4.79 Å². The maximum atomic E-state index is 11.9. The van der Waals surface area contributed by atoms with Crippen LogP contribution in [0.5, 0.6) is 0 Å². The summed E-state index contributed by atoms with van der Waals surface area (Å²) in [6.45, 7) is 6.97. The summed E-state index contributed by atoms with van der Waals surface area (Å²) in [6, 6.07) is 0.304. The molecule has 0 aromatic rings. The van der Waals surface area contributed by atoms with E-state index in [4.69, 9.17) is 0 Å². The Balaban J connectivity index is 2.30. The Morgan fingerprint density at radius 2 is 2.27 bits per heavy atom. The van der Waals surface area contributed by atoms with Crippen LogP contribution in [-0.4, -0.2) is 48.0 Å². The van der Waals surface area contributed by atoms with Crippen molar-refractivity contribution in [3.8, 4) is 0 Å². The molecule has 1 atom stereocenters. The first kappa shape index (κ1) is 12.8. The van der Waals surface area contributed by atoms with Crippen LogP contribution in [0.2, 0.25) is 0 Å². The third-order valence-corrected chi connectivity index (χ3v) is 3.66. The van der Waals surface area contributed by atoms with Crippen LogP contribution in [0.25, 0.3) is 0 Å². The molecule has 88 valence electrons. The van der Waals surface area contributed by atoms with Gasteiger partial charge in [0, 0.05) is 31.3 Å². The van der Waals surface area contributed by atoms with Crippen LogP contribution in [0.3, 0.4) is 0 Å². The van der Waals surface area contributed by atoms with Gasteiger partial charge in [0.15, 0.2) is 0 Å². The van der Waals surface area contributed by atoms with Crippen LogP contribution in [0.4, 0.5) is 0 Å². The Labute approximate surface area is 97.0 Å². The molecule has 1 heterocycles. The van der Waals surface area contributed by atoms with Gasteiger partial charge >= 0.3 is 0 Å². The molecule has 1 fully saturated rings. The summed E-state index contributed by atoms with van der Waals surface area (Å²) in [7, 11) is 0. The normalized spacial score (nSPS) is 19.7. The molecule has 1 amide bonds. The summed E-state index contributed by atoms with van der Waals surface area (Å²) in [5, 5.41) is 3.28. The van der Waals surface area contributed by atoms with E-state index >= 15 is 0 Å². The smallest absolute Gasteiger partial charge is 0.224 e. The van der Waals surface area contributed by atoms with Crippen molar-refractivity contribution in [2.24, 2.45) is 0 Å². The number of rotatable bonds is 4. The third kappa shape index (κ3) is 4.89. The fourth-order valence-corrected chi connectivity index (χ4v) is 2.69. The number of hydrogen-bond donors (Lipinski definition) is 1. The molecule has 0 aliphatic carbocycles. The number of hydrogen-bond acceptors (Lipinski definition) is 3. The summed E-state index contributed by atoms with van der Waals surface area (Å²) in [5.74, 6) is 2.61. The van der Waals surface area contributed by atoms with Gasteiger partial charge in [-0.1, -0.05) is 6.92 Å². The van der Waals surface area contributed by atoms with Crippen LogP contribution in [0, 0.1) is 0 Å². The highest BCUT2D eigenvalue weighted by molar-refractivity contribution is 7.99. The molecule has 1 N–H and O–H groups in total. The van der Waals surface area contributed by atoms with Crippen molar-refractivity contribution in [1.82, 2.24) is 10.2 Å². The fraction of sp³-hybridized carbons (Fsp3) is 0.909. The zero-order valence-corrected chi connectivity index (χ0v) is 10.6. The molecule has 0 bridgehead atoms. The van der Waals surface area contributed by atoms with Crippen molar-refractivity contribution in [3.63, 3.8) is 0 Å². The first-order valence-corrected chi connectivity index (χ1v) is 6.98. The molecule has 1 saturated heterocycles. The predicted molar refractivity (Wildman–Crippen MR) is 66.3 cm³/mol. The SMILES string of the molecule is CCNC(C)CC(=O)N1CCCSCC1. The van der Waals surface area contributed by atoms with Crippen molar-refractivity contribution >= 4 is 17.7 Å². The molecule has 1 unspecified atom stereocenters. The molecule has 15 heavy (non-hydrogen) atoms. The lowest BCUT2D eigenvalue weighted by Gasteiger charge is -2.22. The number of thioether (sulfide) groups is 1. The van der Waals surface area contributed by atoms with Gasteiger partial charge in [-0.3, -0.25) is 4.79 Å². The van der Waals surface area contributed by atoms with Gasteiger partial charge in [-0.2, -0.15) is 11.8 Å². The van der Waals surface area contributed by atoms with Crippen molar-refractivity contribution in [1.29, 1.82) is 0 Å². The standard InChI is InChI=1S/C11H22N2OS/c1-3-12-10(2)9-11(14)13-5-4-7-15-8-6-13/h10,12H,3-9H2,1-2H3. The first-order valence-electron chi connectivity index (χ1n) is 5.83. The molecule has 3 nitrogen and oxygen atoms in total. The molecule has 1 rings (SSSR count). The molecule has 0 aromatic carbocycles. The number of nitrogens with zero attached hydrogens (tertiary/aromatic N) is 1. The van der Waals surface area contributed by atoms with Gasteiger partial charge in [0.1, 0.15) is 0 Å². The van der Waals surface area contributed by atoms with Crippen molar-refractivity contribution in [2.45, 2.75) is 32.7 Å². The van der Waals surface area contributed by atoms with Crippen molar-refractivity contribution < 1.29 is 4.79 Å². The topological polar surface area (TPSA) is 32.3 Å². The maximum Gasteiger partial charge on any atom is 0.224 e. The molecular weight excluding hydrogens is 208 g/mol. The Morgan fingerprint density at radius 3 is 3.00 bits per heavy atom. The number of amides is 1. The molecular formula is C11H22N2OS. The summed E-state index contributed by atoms with van der Waals surface area (Å²) in [6.07, 6.45) is 1.78. The largest absolute Gasteiger partial charge is 0.342 e. The number of nitrogens with one attached hydrogen (secondary N) is 1. The second-order valence-electron chi connectivity index (χ2n) is 4.01. The van der Waals surface area contributed by atoms with Gasteiger partial charge in [-0.25, -0.2) is 0 Å². The zero-order chi connectivity index (χ0) is 11.1. The van der Waals surface area contributed by atoms with E-state index in [-0.39, 0.29) is 0 Å². The lowest BCUT2D eigenvalue weighted by atomic mass is 10.2. The summed E-state index contributed by atoms with van der Waals surface area (Å²) >= 11 is 1.96. The minimum atomic E-state index is 0.304. The average molecular weight is 230 g/mol. The number of carbonyl (C=O) groups excluding carboxylic acids is 1. The summed E-state index contributed by atoms with van der Waals surface area (Å²) < 4.78 is 0. The van der Waals surface area contributed by atoms with E-state index in [1.807, 2.05) is 16.7 Å². The third-order valence-electron chi connectivity index (χ3n) is 2.61. The zero-order valence-electron chi connectivity index (χ0n) is 9.79. The highest BCUT2D eigenvalue weighted by Crippen LogP contribution is 2.11. The molecule has 0 aromatic heterocycles. The van der Waals surface area contributed by atoms with Gasteiger partial charge in [-0.15, -0.1) is 0 Å². The maximum absolute atomic E-state index is 11.9. The van der Waals surface area contributed by atoms with Crippen LogP contribution in [0.1, 0.15) is 26.7 Å². The summed E-state index contributed by atoms with van der Waals surface area (Å²) in [4.78, 5) is 13.9. The van der Waals surface area contributed by atoms with E-state index < -0.39 is 0 Å². The molecule has 4 heteroatoms. The Bertz CT molecular complexity index is 191. The van der Waals surface area contributed by atoms with Gasteiger partial charge in [0.25, 0.3) is 0 Å². The minimum Gasteiger partial charge on any atom is -0.342 e. The highest BCUT2D eigenvalue weighted by Gasteiger charge is 2.17. The Kier molecular flexibility index (Phi) is 6.10. The lowest BCUT2D eigenvalue weighted by molar-refractivity contribution is -0.131. The molecule has 1 aliphatic rings. The van der Waals surface area contributed by atoms with E-state index in [1.54, 1.807) is 0 Å². The van der Waals surface area contributed by atoms with Gasteiger partial charge in [0.2, 0.25) is 5.91 Å². The fourth-order valence-electron chi connectivity index (χ4n) is 1.81. The van der Waals surface area contributed by atoms with Gasteiger partial charge < -0.3 is 10.2 Å². The van der Waals surface area contributed by atoms with Crippen LogP contribution < -0.4 is 5.32 Å². The van der Waals surface area contributed by atoms with E-state index in [0.29, 0.717) is 18.4 Å². The Hall–Kier alpha value is -0.220. The quantitative estimate of drug-likeness (QED) is 0.791. The Morgan fingerprint density at radius 1 is 1.47 bits per heavy atom. The highest BCUT2D eigenvalue weighted by atomic mass is 32.2. The van der Waals surface area contributed by atoms with Crippen LogP contribution in [-0.2, 0) is 4.79 Å². The monoisotopic (exact) mass is 230 g/mol. The number of carbonyl (C=O) groups is 1. The molecule has 0 spiro atoms. The lowest BCUT2D eigenvalue weighted by Crippen LogP contribution is -2.38. The first-order chi connectivity index (χ1) is 7.24. The molecule has 0 radical (unpaired) electrons. The van der Waals surface area contributed by atoms with Gasteiger partial charge in [0.05, 0.1) is 0 Å². The second-order valence-corrected chi connectivity index (χ2v) is 5.23. The van der Waals surface area contributed by atoms with E-state index in [0.717, 1.165) is 31.8 Å². The predicted octanol–water partition coefficient (Wildman–Crippen LogP) is 1.34. The van der Waals surface area contributed by atoms with Gasteiger partial charge in [-0.05, 0) is 25.6 Å².